The van der Waals surface area contributed by atoms with Crippen LogP contribution >= 0.6 is 0 Å². The predicted octanol–water partition coefficient (Wildman–Crippen LogP) is 3.81. The van der Waals surface area contributed by atoms with Crippen molar-refractivity contribution in [2.24, 2.45) is 5.92 Å². The van der Waals surface area contributed by atoms with Gasteiger partial charge in [0.25, 0.3) is 0 Å². The summed E-state index contributed by atoms with van der Waals surface area (Å²) in [6.45, 7) is 7.45. The molecule has 2 aliphatic rings. The van der Waals surface area contributed by atoms with Gasteiger partial charge in [0, 0.05) is 25.7 Å². The topological polar surface area (TPSA) is 15.3 Å². The third-order valence-electron chi connectivity index (χ3n) is 5.09. The molecule has 0 amide bonds. The molecular weight excluding hydrogens is 232 g/mol. The molecule has 0 aromatic carbocycles. The lowest BCUT2D eigenvalue weighted by Crippen LogP contribution is -2.54. The third-order valence-corrected chi connectivity index (χ3v) is 5.09. The Morgan fingerprint density at radius 2 is 1.79 bits per heavy atom. The summed E-state index contributed by atoms with van der Waals surface area (Å²) in [5.41, 5.74) is 0. The van der Waals surface area contributed by atoms with Gasteiger partial charge in [-0.15, -0.1) is 0 Å². The van der Waals surface area contributed by atoms with Crippen LogP contribution in [0.4, 0.5) is 0 Å². The molecule has 0 aromatic rings. The van der Waals surface area contributed by atoms with Crippen LogP contribution in [0.25, 0.3) is 0 Å². The van der Waals surface area contributed by atoms with Crippen LogP contribution in [0.2, 0.25) is 0 Å². The molecule has 1 atom stereocenters. The van der Waals surface area contributed by atoms with E-state index < -0.39 is 0 Å². The monoisotopic (exact) mass is 266 g/mol. The number of hydrogen-bond acceptors (Lipinski definition) is 2. The van der Waals surface area contributed by atoms with Gasteiger partial charge in [-0.2, -0.15) is 0 Å². The Balaban J connectivity index is 1.62. The standard InChI is InChI=1S/C17H34N2/c1-2-3-4-5-9-13-19-14-12-18-17(15-19)16-10-7-6-8-11-16/h16-18H,2-15H2,1H3. The van der Waals surface area contributed by atoms with E-state index in [1.807, 2.05) is 0 Å². The largest absolute Gasteiger partial charge is 0.311 e. The molecule has 1 N–H and O–H groups in total. The maximum atomic E-state index is 3.79. The number of hydrogen-bond donors (Lipinski definition) is 1. The molecule has 1 aliphatic carbocycles. The van der Waals surface area contributed by atoms with Crippen molar-refractivity contribution in [3.8, 4) is 0 Å². The van der Waals surface area contributed by atoms with Gasteiger partial charge in [0.1, 0.15) is 0 Å². The molecule has 2 rings (SSSR count). The van der Waals surface area contributed by atoms with E-state index in [-0.39, 0.29) is 0 Å². The highest BCUT2D eigenvalue weighted by Crippen LogP contribution is 2.27. The van der Waals surface area contributed by atoms with Gasteiger partial charge in [0.2, 0.25) is 0 Å². The number of rotatable bonds is 7. The normalized spacial score (nSPS) is 26.7. The van der Waals surface area contributed by atoms with E-state index in [1.54, 1.807) is 0 Å². The summed E-state index contributed by atoms with van der Waals surface area (Å²) in [6, 6.07) is 0.796. The van der Waals surface area contributed by atoms with Crippen LogP contribution in [0, 0.1) is 5.92 Å². The van der Waals surface area contributed by atoms with E-state index in [2.05, 4.69) is 17.1 Å². The van der Waals surface area contributed by atoms with E-state index in [1.165, 1.54) is 90.4 Å². The molecule has 1 saturated heterocycles. The molecule has 0 aromatic heterocycles. The number of piperazine rings is 1. The highest BCUT2D eigenvalue weighted by molar-refractivity contribution is 4.85. The Morgan fingerprint density at radius 3 is 2.58 bits per heavy atom. The van der Waals surface area contributed by atoms with Crippen LogP contribution in [0.15, 0.2) is 0 Å². The van der Waals surface area contributed by atoms with Crippen molar-refractivity contribution < 1.29 is 0 Å². The summed E-state index contributed by atoms with van der Waals surface area (Å²) < 4.78 is 0. The van der Waals surface area contributed by atoms with Crippen molar-refractivity contribution in [3.05, 3.63) is 0 Å². The zero-order valence-electron chi connectivity index (χ0n) is 13.0. The molecule has 1 heterocycles. The van der Waals surface area contributed by atoms with Crippen molar-refractivity contribution in [2.45, 2.75) is 77.2 Å². The first kappa shape index (κ1) is 15.3. The number of nitrogens with one attached hydrogen (secondary N) is 1. The van der Waals surface area contributed by atoms with E-state index in [9.17, 15) is 0 Å². The van der Waals surface area contributed by atoms with Crippen LogP contribution in [0.3, 0.4) is 0 Å². The highest BCUT2D eigenvalue weighted by Gasteiger charge is 2.27. The summed E-state index contributed by atoms with van der Waals surface area (Å²) >= 11 is 0. The van der Waals surface area contributed by atoms with Crippen molar-refractivity contribution >= 4 is 0 Å². The fourth-order valence-corrected chi connectivity index (χ4v) is 3.84. The molecule has 2 heteroatoms. The lowest BCUT2D eigenvalue weighted by molar-refractivity contribution is 0.144. The summed E-state index contributed by atoms with van der Waals surface area (Å²) in [5.74, 6) is 0.969. The molecule has 112 valence electrons. The maximum Gasteiger partial charge on any atom is 0.0223 e. The summed E-state index contributed by atoms with van der Waals surface area (Å²) in [5, 5.41) is 3.79. The minimum atomic E-state index is 0.796. The van der Waals surface area contributed by atoms with Crippen molar-refractivity contribution in [1.29, 1.82) is 0 Å². The number of unbranched alkanes of at least 4 members (excludes halogenated alkanes) is 4. The molecule has 1 unspecified atom stereocenters. The van der Waals surface area contributed by atoms with Gasteiger partial charge in [-0.1, -0.05) is 51.9 Å². The van der Waals surface area contributed by atoms with Gasteiger partial charge in [-0.3, -0.25) is 0 Å². The van der Waals surface area contributed by atoms with Gasteiger partial charge >= 0.3 is 0 Å². The molecule has 19 heavy (non-hydrogen) atoms. The molecule has 0 radical (unpaired) electrons. The molecule has 0 spiro atoms. The van der Waals surface area contributed by atoms with Crippen molar-refractivity contribution in [1.82, 2.24) is 10.2 Å². The SMILES string of the molecule is CCCCCCCN1CCNC(C2CCCCC2)C1. The van der Waals surface area contributed by atoms with Crippen molar-refractivity contribution in [3.63, 3.8) is 0 Å². The van der Waals surface area contributed by atoms with Crippen LogP contribution < -0.4 is 5.32 Å². The fourth-order valence-electron chi connectivity index (χ4n) is 3.84. The molecular formula is C17H34N2. The average Bonchev–Trinajstić information content (AvgIpc) is 2.48. The van der Waals surface area contributed by atoms with Gasteiger partial charge in [0.05, 0.1) is 0 Å². The van der Waals surface area contributed by atoms with Crippen LogP contribution in [0.5, 0.6) is 0 Å². The fraction of sp³-hybridized carbons (Fsp3) is 1.00. The van der Waals surface area contributed by atoms with Crippen LogP contribution in [-0.2, 0) is 0 Å². The second kappa shape index (κ2) is 8.97. The molecule has 2 nitrogen and oxygen atoms in total. The van der Waals surface area contributed by atoms with Gasteiger partial charge in [0.15, 0.2) is 0 Å². The quantitative estimate of drug-likeness (QED) is 0.705. The molecule has 2 fully saturated rings. The van der Waals surface area contributed by atoms with Gasteiger partial charge in [-0.25, -0.2) is 0 Å². The zero-order chi connectivity index (χ0) is 13.3. The van der Waals surface area contributed by atoms with Gasteiger partial charge in [-0.05, 0) is 31.7 Å². The Kier molecular flexibility index (Phi) is 7.23. The minimum Gasteiger partial charge on any atom is -0.311 e. The smallest absolute Gasteiger partial charge is 0.0223 e. The maximum absolute atomic E-state index is 3.79. The van der Waals surface area contributed by atoms with Gasteiger partial charge < -0.3 is 10.2 Å². The average molecular weight is 266 g/mol. The highest BCUT2D eigenvalue weighted by atomic mass is 15.2. The predicted molar refractivity (Wildman–Crippen MR) is 83.6 cm³/mol. The van der Waals surface area contributed by atoms with Crippen LogP contribution in [0.1, 0.15) is 71.1 Å². The summed E-state index contributed by atoms with van der Waals surface area (Å²) in [6.07, 6.45) is 14.4. The summed E-state index contributed by atoms with van der Waals surface area (Å²) in [7, 11) is 0. The first-order valence-corrected chi connectivity index (χ1v) is 8.86. The second-order valence-electron chi connectivity index (χ2n) is 6.67. The van der Waals surface area contributed by atoms with E-state index in [4.69, 9.17) is 0 Å². The van der Waals surface area contributed by atoms with Crippen molar-refractivity contribution in [2.75, 3.05) is 26.2 Å². The van der Waals surface area contributed by atoms with E-state index in [0.29, 0.717) is 0 Å². The second-order valence-corrected chi connectivity index (χ2v) is 6.67. The Labute approximate surface area is 120 Å². The molecule has 1 aliphatic heterocycles. The third kappa shape index (κ3) is 5.43. The lowest BCUT2D eigenvalue weighted by Gasteiger charge is -2.39. The molecule has 0 bridgehead atoms. The molecule has 1 saturated carbocycles. The number of nitrogens with zero attached hydrogens (tertiary/aromatic N) is 1. The first-order chi connectivity index (χ1) is 9.40. The Morgan fingerprint density at radius 1 is 1.00 bits per heavy atom. The van der Waals surface area contributed by atoms with E-state index >= 15 is 0 Å². The van der Waals surface area contributed by atoms with Crippen LogP contribution in [-0.4, -0.2) is 37.1 Å². The Hall–Kier alpha value is -0.0800. The minimum absolute atomic E-state index is 0.796. The summed E-state index contributed by atoms with van der Waals surface area (Å²) in [4.78, 5) is 2.72. The lowest BCUT2D eigenvalue weighted by atomic mass is 9.83. The Bertz CT molecular complexity index is 223. The zero-order valence-corrected chi connectivity index (χ0v) is 13.0. The first-order valence-electron chi connectivity index (χ1n) is 8.86. The van der Waals surface area contributed by atoms with E-state index in [0.717, 1.165) is 12.0 Å².